The Bertz CT molecular complexity index is 577. The average molecular weight is 278 g/mol. The van der Waals surface area contributed by atoms with Gasteiger partial charge in [-0.05, 0) is 19.1 Å². The zero-order chi connectivity index (χ0) is 13.5. The highest BCUT2D eigenvalue weighted by molar-refractivity contribution is 7.89. The molecule has 2 N–H and O–H groups in total. The van der Waals surface area contributed by atoms with Crippen molar-refractivity contribution in [2.24, 2.45) is 5.14 Å². The molecule has 18 heavy (non-hydrogen) atoms. The molecule has 100 valence electrons. The fourth-order valence-corrected chi connectivity index (χ4v) is 2.59. The summed E-state index contributed by atoms with van der Waals surface area (Å²) in [4.78, 5) is 1.37. The van der Waals surface area contributed by atoms with E-state index in [9.17, 15) is 17.2 Å². The highest BCUT2D eigenvalue weighted by atomic mass is 32.2. The Hall–Kier alpha value is -1.41. The van der Waals surface area contributed by atoms with Crippen molar-refractivity contribution in [3.05, 3.63) is 23.8 Å². The van der Waals surface area contributed by atoms with Gasteiger partial charge in [0.2, 0.25) is 15.8 Å². The van der Waals surface area contributed by atoms with Crippen molar-refractivity contribution in [2.45, 2.75) is 13.0 Å². The van der Waals surface area contributed by atoms with Crippen LogP contribution in [0.2, 0.25) is 0 Å². The van der Waals surface area contributed by atoms with E-state index in [-0.39, 0.29) is 24.1 Å². The Morgan fingerprint density at radius 2 is 2.17 bits per heavy atom. The van der Waals surface area contributed by atoms with E-state index in [4.69, 9.17) is 9.88 Å². The number of ether oxygens (including phenoxy) is 1. The molecule has 0 fully saturated rings. The third-order valence-corrected chi connectivity index (χ3v) is 3.30. The van der Waals surface area contributed by atoms with E-state index in [2.05, 4.69) is 0 Å². The van der Waals surface area contributed by atoms with E-state index in [1.807, 2.05) is 0 Å². The van der Waals surface area contributed by atoms with Crippen LogP contribution >= 0.6 is 0 Å². The number of rotatable bonds is 2. The molecule has 0 aliphatic carbocycles. The van der Waals surface area contributed by atoms with E-state index in [0.717, 1.165) is 6.07 Å². The lowest BCUT2D eigenvalue weighted by molar-refractivity contribution is 0.256. The molecule has 0 radical (unpaired) electrons. The molecule has 1 aliphatic heterocycles. The van der Waals surface area contributed by atoms with Crippen molar-refractivity contribution in [2.75, 3.05) is 17.4 Å². The predicted octanol–water partition coefficient (Wildman–Crippen LogP) is 0.798. The summed E-state index contributed by atoms with van der Waals surface area (Å²) in [7, 11) is -3.77. The molecule has 0 amide bonds. The van der Waals surface area contributed by atoms with Gasteiger partial charge in [0.1, 0.15) is 12.5 Å². The number of anilines is 1. The Labute approximate surface area is 103 Å². The van der Waals surface area contributed by atoms with Gasteiger partial charge in [0, 0.05) is 0 Å². The molecule has 1 aromatic carbocycles. The molecule has 1 aliphatic rings. The highest BCUT2D eigenvalue weighted by Gasteiger charge is 2.30. The highest BCUT2D eigenvalue weighted by Crippen LogP contribution is 2.37. The van der Waals surface area contributed by atoms with Crippen LogP contribution in [-0.4, -0.2) is 26.9 Å². The fourth-order valence-electron chi connectivity index (χ4n) is 1.81. The molecule has 0 bridgehead atoms. The van der Waals surface area contributed by atoms with E-state index < -0.39 is 27.5 Å². The van der Waals surface area contributed by atoms with Gasteiger partial charge in [-0.15, -0.1) is 0 Å². The number of nitrogens with zero attached hydrogens (tertiary/aromatic N) is 1. The van der Waals surface area contributed by atoms with Gasteiger partial charge in [-0.3, -0.25) is 0 Å². The van der Waals surface area contributed by atoms with E-state index in [1.165, 1.54) is 11.0 Å². The lowest BCUT2D eigenvalue weighted by atomic mass is 10.2. The van der Waals surface area contributed by atoms with Gasteiger partial charge in [-0.2, -0.15) is 4.39 Å². The molecule has 1 heterocycles. The molecule has 0 saturated heterocycles. The number of hydrogen-bond donors (Lipinski definition) is 1. The van der Waals surface area contributed by atoms with E-state index in [1.54, 1.807) is 6.92 Å². The summed E-state index contributed by atoms with van der Waals surface area (Å²) >= 11 is 0. The van der Waals surface area contributed by atoms with Crippen LogP contribution in [-0.2, 0) is 10.0 Å². The van der Waals surface area contributed by atoms with Crippen molar-refractivity contribution in [3.8, 4) is 5.75 Å². The Morgan fingerprint density at radius 3 is 2.78 bits per heavy atom. The largest absolute Gasteiger partial charge is 0.486 e. The molecular weight excluding hydrogens is 266 g/mol. The van der Waals surface area contributed by atoms with Crippen LogP contribution in [0.5, 0.6) is 5.75 Å². The molecule has 0 saturated carbocycles. The topological polar surface area (TPSA) is 72.6 Å². The maximum absolute atomic E-state index is 13.5. The van der Waals surface area contributed by atoms with Crippen LogP contribution in [0.4, 0.5) is 14.5 Å². The van der Waals surface area contributed by atoms with Crippen molar-refractivity contribution in [3.63, 3.8) is 0 Å². The fraction of sp³-hybridized carbons (Fsp3) is 0.400. The van der Waals surface area contributed by atoms with Crippen molar-refractivity contribution in [1.82, 2.24) is 0 Å². The number of nitrogens with two attached hydrogens (primary N) is 1. The van der Waals surface area contributed by atoms with Crippen molar-refractivity contribution in [1.29, 1.82) is 0 Å². The lowest BCUT2D eigenvalue weighted by Gasteiger charge is -2.36. The summed E-state index contributed by atoms with van der Waals surface area (Å²) in [5, 5.41) is 4.98. The van der Waals surface area contributed by atoms with Gasteiger partial charge < -0.3 is 9.64 Å². The molecule has 0 unspecified atom stereocenters. The Morgan fingerprint density at radius 1 is 1.50 bits per heavy atom. The first-order chi connectivity index (χ1) is 8.29. The first kappa shape index (κ1) is 13.0. The Balaban J connectivity index is 2.48. The number of halogens is 2. The molecule has 0 aromatic heterocycles. The first-order valence-electron chi connectivity index (χ1n) is 5.17. The minimum Gasteiger partial charge on any atom is -0.486 e. The summed E-state index contributed by atoms with van der Waals surface area (Å²) in [6.45, 7) is 1.76. The summed E-state index contributed by atoms with van der Waals surface area (Å²) < 4.78 is 53.9. The number of sulfonamides is 1. The third kappa shape index (κ3) is 2.39. The molecule has 5 nitrogen and oxygen atoms in total. The monoisotopic (exact) mass is 278 g/mol. The second-order valence-corrected chi connectivity index (χ2v) is 5.72. The smallest absolute Gasteiger partial charge is 0.227 e. The van der Waals surface area contributed by atoms with Crippen LogP contribution in [0.1, 0.15) is 6.92 Å². The van der Waals surface area contributed by atoms with Gasteiger partial charge in [-0.1, -0.05) is 0 Å². The maximum Gasteiger partial charge on any atom is 0.227 e. The number of hydrogen-bond acceptors (Lipinski definition) is 4. The van der Waals surface area contributed by atoms with Gasteiger partial charge in [0.15, 0.2) is 11.6 Å². The zero-order valence-corrected chi connectivity index (χ0v) is 10.4. The van der Waals surface area contributed by atoms with Gasteiger partial charge in [0.05, 0.1) is 11.7 Å². The standard InChI is InChI=1S/C10H12F2N2O3S/c1-6-4-17-10-8(3-2-7(11)9(10)12)14(6)5-18(13,15)16/h2-3,6H,4-5H2,1H3,(H2,13,15,16)/t6-/m0/s1. The number of fused-ring (bicyclic) bond motifs is 1. The summed E-state index contributed by atoms with van der Waals surface area (Å²) in [5.41, 5.74) is 0.182. The van der Waals surface area contributed by atoms with Crippen molar-refractivity contribution >= 4 is 15.7 Å². The average Bonchev–Trinajstić information content (AvgIpc) is 2.26. The SMILES string of the molecule is C[C@H]1COc2c(ccc(F)c2F)N1CS(N)(=O)=O. The van der Waals surface area contributed by atoms with Crippen LogP contribution in [0.3, 0.4) is 0 Å². The third-order valence-electron chi connectivity index (χ3n) is 2.66. The minimum absolute atomic E-state index is 0.0584. The zero-order valence-electron chi connectivity index (χ0n) is 9.56. The molecule has 1 atom stereocenters. The number of primary sulfonamides is 1. The van der Waals surface area contributed by atoms with Crippen LogP contribution in [0.15, 0.2) is 12.1 Å². The molecule has 2 rings (SSSR count). The van der Waals surface area contributed by atoms with Crippen LogP contribution in [0.25, 0.3) is 0 Å². The lowest BCUT2D eigenvalue weighted by Crippen LogP contribution is -2.45. The van der Waals surface area contributed by atoms with E-state index >= 15 is 0 Å². The normalized spacial score (nSPS) is 19.3. The Kier molecular flexibility index (Phi) is 3.16. The summed E-state index contributed by atoms with van der Waals surface area (Å²) in [6.07, 6.45) is 0. The number of benzene rings is 1. The van der Waals surface area contributed by atoms with Crippen LogP contribution < -0.4 is 14.8 Å². The molecular formula is C10H12F2N2O3S. The summed E-state index contributed by atoms with van der Waals surface area (Å²) in [5.74, 6) is -2.93. The van der Waals surface area contributed by atoms with Gasteiger partial charge in [0.25, 0.3) is 0 Å². The first-order valence-corrected chi connectivity index (χ1v) is 6.89. The quantitative estimate of drug-likeness (QED) is 0.868. The van der Waals surface area contributed by atoms with Gasteiger partial charge in [-0.25, -0.2) is 17.9 Å². The summed E-state index contributed by atoms with van der Waals surface area (Å²) in [6, 6.07) is 1.89. The second-order valence-electron chi connectivity index (χ2n) is 4.13. The molecule has 0 spiro atoms. The van der Waals surface area contributed by atoms with Gasteiger partial charge >= 0.3 is 0 Å². The molecule has 8 heteroatoms. The van der Waals surface area contributed by atoms with Crippen LogP contribution in [0, 0.1) is 11.6 Å². The predicted molar refractivity (Wildman–Crippen MR) is 61.8 cm³/mol. The molecule has 1 aromatic rings. The second kappa shape index (κ2) is 4.36. The maximum atomic E-state index is 13.5. The van der Waals surface area contributed by atoms with E-state index in [0.29, 0.717) is 0 Å². The minimum atomic E-state index is -3.77. The van der Waals surface area contributed by atoms with Crippen molar-refractivity contribution < 1.29 is 21.9 Å².